The van der Waals surface area contributed by atoms with Gasteiger partial charge in [-0.25, -0.2) is 0 Å². The second-order valence-electron chi connectivity index (χ2n) is 10.2. The van der Waals surface area contributed by atoms with Gasteiger partial charge >= 0.3 is 5.91 Å². The van der Waals surface area contributed by atoms with Gasteiger partial charge in [0.1, 0.15) is 24.7 Å². The van der Waals surface area contributed by atoms with E-state index in [2.05, 4.69) is 17.1 Å². The lowest BCUT2D eigenvalue weighted by atomic mass is 9.95. The average molecular weight is 685 g/mol. The quantitative estimate of drug-likeness (QED) is 0.0448. The van der Waals surface area contributed by atoms with Crippen LogP contribution in [0.4, 0.5) is 5.13 Å². The Hall–Kier alpha value is -3.77. The van der Waals surface area contributed by atoms with Crippen molar-refractivity contribution in [2.24, 2.45) is 0 Å². The van der Waals surface area contributed by atoms with Crippen molar-refractivity contribution in [2.75, 3.05) is 24.7 Å². The maximum atomic E-state index is 13.7. The molecule has 1 atom stereocenters. The number of unbranched alkanes of at least 4 members (excludes halogenated alkanes) is 1. The van der Waals surface area contributed by atoms with Gasteiger partial charge in [-0.3, -0.25) is 14.5 Å². The van der Waals surface area contributed by atoms with E-state index in [-0.39, 0.29) is 16.5 Å². The summed E-state index contributed by atoms with van der Waals surface area (Å²) in [5, 5.41) is 21.5. The number of Topliss-reactive ketones (excluding diaryl/α,β-unsaturated/α-hetero) is 1. The number of anilines is 1. The van der Waals surface area contributed by atoms with Crippen molar-refractivity contribution in [1.82, 2.24) is 10.2 Å². The molecule has 2 aliphatic rings. The molecule has 3 heterocycles. The van der Waals surface area contributed by atoms with Crippen LogP contribution in [0.15, 0.2) is 70.6 Å². The summed E-state index contributed by atoms with van der Waals surface area (Å²) in [4.78, 5) is 28.7. The van der Waals surface area contributed by atoms with Crippen LogP contribution in [0.3, 0.4) is 0 Å². The second-order valence-corrected chi connectivity index (χ2v) is 13.2. The fourth-order valence-electron chi connectivity index (χ4n) is 4.94. The number of fused-ring (bicyclic) bond motifs is 1. The summed E-state index contributed by atoms with van der Waals surface area (Å²) in [5.74, 6) is 0.0333. The Labute approximate surface area is 277 Å². The Bertz CT molecular complexity index is 1800. The fourth-order valence-corrected chi connectivity index (χ4v) is 7.36. The van der Waals surface area contributed by atoms with E-state index in [1.165, 1.54) is 16.7 Å². The minimum Gasteiger partial charge on any atom is -0.507 e. The Morgan fingerprint density at radius 2 is 1.89 bits per heavy atom. The minimum atomic E-state index is -0.996. The van der Waals surface area contributed by atoms with Crippen LogP contribution in [0.25, 0.3) is 5.76 Å². The fraction of sp³-hybridized carbons (Fsp3) is 0.250. The van der Waals surface area contributed by atoms with E-state index in [4.69, 9.17) is 37.4 Å². The van der Waals surface area contributed by atoms with Crippen LogP contribution in [0, 0.1) is 0 Å². The van der Waals surface area contributed by atoms with Crippen molar-refractivity contribution in [3.63, 3.8) is 0 Å². The van der Waals surface area contributed by atoms with Gasteiger partial charge in [0.15, 0.2) is 15.8 Å². The molecular weight excluding hydrogens is 657 g/mol. The number of thioether (sulfide) groups is 1. The van der Waals surface area contributed by atoms with Crippen molar-refractivity contribution >= 4 is 68.9 Å². The van der Waals surface area contributed by atoms with E-state index in [9.17, 15) is 14.7 Å². The molecule has 3 aromatic carbocycles. The SMILES string of the molecule is CCCCOc1cccc(C2/C(=C(\O)c3ccc4c(c3)OCCO4)C(=O)C(=O)N2c2nnc(SCc3ccc(Cl)cc3Cl)s2)c1. The first kappa shape index (κ1) is 31.2. The highest BCUT2D eigenvalue weighted by atomic mass is 35.5. The number of benzene rings is 3. The molecule has 1 aromatic heterocycles. The lowest BCUT2D eigenvalue weighted by molar-refractivity contribution is -0.132. The molecule has 0 aliphatic carbocycles. The summed E-state index contributed by atoms with van der Waals surface area (Å²) in [6.45, 7) is 3.36. The van der Waals surface area contributed by atoms with Crippen LogP contribution >= 0.6 is 46.3 Å². The van der Waals surface area contributed by atoms with E-state index < -0.39 is 17.7 Å². The van der Waals surface area contributed by atoms with E-state index in [1.807, 2.05) is 12.1 Å². The molecule has 1 saturated heterocycles. The normalized spacial score (nSPS) is 17.1. The summed E-state index contributed by atoms with van der Waals surface area (Å²) in [7, 11) is 0. The van der Waals surface area contributed by atoms with Crippen LogP contribution < -0.4 is 19.1 Å². The molecule has 4 aromatic rings. The number of carbonyl (C=O) groups is 2. The van der Waals surface area contributed by atoms with Gasteiger partial charge < -0.3 is 19.3 Å². The largest absolute Gasteiger partial charge is 0.507 e. The van der Waals surface area contributed by atoms with Crippen LogP contribution in [-0.2, 0) is 15.3 Å². The number of ketones is 1. The molecule has 232 valence electrons. The predicted octanol–water partition coefficient (Wildman–Crippen LogP) is 7.71. The van der Waals surface area contributed by atoms with Crippen LogP contribution in [0.5, 0.6) is 17.2 Å². The summed E-state index contributed by atoms with van der Waals surface area (Å²) in [6, 6.07) is 16.3. The molecular formula is C32H27Cl2N3O6S2. The topological polar surface area (TPSA) is 111 Å². The van der Waals surface area contributed by atoms with Crippen LogP contribution in [0.2, 0.25) is 10.0 Å². The number of aliphatic hydroxyl groups is 1. The zero-order valence-corrected chi connectivity index (χ0v) is 27.1. The van der Waals surface area contributed by atoms with Gasteiger partial charge in [0.25, 0.3) is 5.78 Å². The van der Waals surface area contributed by atoms with Gasteiger partial charge in [-0.2, -0.15) is 0 Å². The molecule has 1 amide bonds. The maximum absolute atomic E-state index is 13.7. The number of aliphatic hydroxyl groups excluding tert-OH is 1. The smallest absolute Gasteiger partial charge is 0.301 e. The molecule has 1 N–H and O–H groups in total. The summed E-state index contributed by atoms with van der Waals surface area (Å²) in [5.41, 5.74) is 1.66. The second kappa shape index (κ2) is 13.7. The predicted molar refractivity (Wildman–Crippen MR) is 175 cm³/mol. The lowest BCUT2D eigenvalue weighted by Crippen LogP contribution is -2.29. The molecule has 1 unspecified atom stereocenters. The molecule has 6 rings (SSSR count). The third-order valence-electron chi connectivity index (χ3n) is 7.17. The number of amides is 1. The lowest BCUT2D eigenvalue weighted by Gasteiger charge is -2.23. The molecule has 13 heteroatoms. The van der Waals surface area contributed by atoms with Gasteiger partial charge in [-0.1, -0.05) is 77.8 Å². The zero-order valence-electron chi connectivity index (χ0n) is 24.0. The molecule has 9 nitrogen and oxygen atoms in total. The monoisotopic (exact) mass is 683 g/mol. The molecule has 0 radical (unpaired) electrons. The average Bonchev–Trinajstić information content (AvgIpc) is 3.62. The third-order valence-corrected chi connectivity index (χ3v) is 9.86. The molecule has 2 aliphatic heterocycles. The summed E-state index contributed by atoms with van der Waals surface area (Å²) < 4.78 is 17.8. The van der Waals surface area contributed by atoms with E-state index in [0.717, 1.165) is 29.7 Å². The highest BCUT2D eigenvalue weighted by molar-refractivity contribution is 8.00. The molecule has 0 saturated carbocycles. The zero-order chi connectivity index (χ0) is 31.5. The first-order chi connectivity index (χ1) is 21.8. The highest BCUT2D eigenvalue weighted by Crippen LogP contribution is 2.45. The Balaban J connectivity index is 1.38. The van der Waals surface area contributed by atoms with E-state index in [1.54, 1.807) is 48.5 Å². The van der Waals surface area contributed by atoms with Crippen LogP contribution in [-0.4, -0.2) is 46.8 Å². The van der Waals surface area contributed by atoms with Gasteiger partial charge in [0, 0.05) is 21.4 Å². The number of rotatable bonds is 10. The van der Waals surface area contributed by atoms with Crippen molar-refractivity contribution in [3.05, 3.63) is 93.0 Å². The van der Waals surface area contributed by atoms with Crippen molar-refractivity contribution in [2.45, 2.75) is 35.9 Å². The van der Waals surface area contributed by atoms with Gasteiger partial charge in [-0.15, -0.1) is 10.2 Å². The number of halogens is 2. The van der Waals surface area contributed by atoms with Crippen molar-refractivity contribution < 1.29 is 28.9 Å². The number of ether oxygens (including phenoxy) is 3. The highest BCUT2D eigenvalue weighted by Gasteiger charge is 2.48. The summed E-state index contributed by atoms with van der Waals surface area (Å²) >= 11 is 14.9. The van der Waals surface area contributed by atoms with Crippen LogP contribution in [0.1, 0.15) is 42.5 Å². The first-order valence-electron chi connectivity index (χ1n) is 14.2. The standard InChI is InChI=1S/C32H27Cl2N3O6S2/c1-2-3-11-41-22-6-4-5-18(14-22)27-26(28(38)19-8-10-24-25(15-19)43-13-12-42-24)29(39)30(40)37(27)31-35-36-32(45-31)44-17-20-7-9-21(33)16-23(20)34/h4-10,14-16,27,38H,2-3,11-13,17H2,1H3/b28-26+. The van der Waals surface area contributed by atoms with E-state index in [0.29, 0.717) is 68.3 Å². The maximum Gasteiger partial charge on any atom is 0.301 e. The molecule has 45 heavy (non-hydrogen) atoms. The number of carbonyl (C=O) groups excluding carboxylic acids is 2. The third kappa shape index (κ3) is 6.62. The van der Waals surface area contributed by atoms with Crippen molar-refractivity contribution in [3.8, 4) is 17.2 Å². The number of nitrogens with zero attached hydrogens (tertiary/aromatic N) is 3. The van der Waals surface area contributed by atoms with Gasteiger partial charge in [-0.05, 0) is 60.0 Å². The summed E-state index contributed by atoms with van der Waals surface area (Å²) in [6.07, 6.45) is 1.84. The number of hydrogen-bond donors (Lipinski definition) is 1. The van der Waals surface area contributed by atoms with Gasteiger partial charge in [0.2, 0.25) is 5.13 Å². The molecule has 0 bridgehead atoms. The Kier molecular flexibility index (Phi) is 9.50. The number of aromatic nitrogens is 2. The minimum absolute atomic E-state index is 0.0836. The van der Waals surface area contributed by atoms with E-state index >= 15 is 0 Å². The van der Waals surface area contributed by atoms with Crippen molar-refractivity contribution in [1.29, 1.82) is 0 Å². The molecule has 0 spiro atoms. The number of hydrogen-bond acceptors (Lipinski definition) is 10. The van der Waals surface area contributed by atoms with Gasteiger partial charge in [0.05, 0.1) is 18.2 Å². The molecule has 1 fully saturated rings. The Morgan fingerprint density at radius 1 is 1.07 bits per heavy atom. The first-order valence-corrected chi connectivity index (χ1v) is 16.7. The Morgan fingerprint density at radius 3 is 2.69 bits per heavy atom.